The molecule has 1 rings (SSSR count). The molecule has 0 radical (unpaired) electrons. The highest BCUT2D eigenvalue weighted by molar-refractivity contribution is 5.78. The van der Waals surface area contributed by atoms with Crippen molar-refractivity contribution in [2.24, 2.45) is 11.8 Å². The van der Waals surface area contributed by atoms with Gasteiger partial charge in [-0.05, 0) is 5.92 Å². The third kappa shape index (κ3) is 3.96. The van der Waals surface area contributed by atoms with E-state index in [-0.39, 0.29) is 18.5 Å². The number of carboxylic acids is 1. The molecule has 1 fully saturated rings. The number of aliphatic carboxylic acids is 1. The molecule has 0 saturated carbocycles. The van der Waals surface area contributed by atoms with Crippen LogP contribution in [-0.4, -0.2) is 66.8 Å². The van der Waals surface area contributed by atoms with Gasteiger partial charge < -0.3 is 19.6 Å². The molecule has 6 heteroatoms. The molecule has 108 valence electrons. The first-order valence-corrected chi connectivity index (χ1v) is 6.37. The van der Waals surface area contributed by atoms with Gasteiger partial charge in [0, 0.05) is 33.3 Å². The number of ether oxygens (including phenoxy) is 1. The number of carbonyl (C=O) groups excluding carboxylic acids is 1. The fourth-order valence-corrected chi connectivity index (χ4v) is 2.27. The summed E-state index contributed by atoms with van der Waals surface area (Å²) in [5.74, 6) is -1.33. The molecule has 1 aliphatic rings. The molecule has 2 amide bonds. The lowest BCUT2D eigenvalue weighted by Gasteiger charge is -2.27. The third-order valence-corrected chi connectivity index (χ3v) is 3.39. The molecule has 0 aliphatic carbocycles. The molecule has 1 heterocycles. The standard InChI is InChI=1S/C13H22N2O4/c1-4-5-14(6-7-19-3)13(18)15-8-10(2)11(9-15)12(16)17/h4,10-11H,1,5-9H2,2-3H3,(H,16,17). The summed E-state index contributed by atoms with van der Waals surface area (Å²) in [7, 11) is 1.58. The van der Waals surface area contributed by atoms with Crippen LogP contribution in [0.2, 0.25) is 0 Å². The molecule has 1 aliphatic heterocycles. The van der Waals surface area contributed by atoms with Crippen molar-refractivity contribution in [1.29, 1.82) is 0 Å². The minimum Gasteiger partial charge on any atom is -0.481 e. The van der Waals surface area contributed by atoms with Crippen molar-refractivity contribution < 1.29 is 19.4 Å². The van der Waals surface area contributed by atoms with E-state index in [0.29, 0.717) is 26.2 Å². The van der Waals surface area contributed by atoms with E-state index in [0.717, 1.165) is 0 Å². The second-order valence-corrected chi connectivity index (χ2v) is 4.84. The highest BCUT2D eigenvalue weighted by atomic mass is 16.5. The first kappa shape index (κ1) is 15.5. The lowest BCUT2D eigenvalue weighted by atomic mass is 9.99. The monoisotopic (exact) mass is 270 g/mol. The largest absolute Gasteiger partial charge is 0.481 e. The first-order valence-electron chi connectivity index (χ1n) is 6.37. The van der Waals surface area contributed by atoms with Gasteiger partial charge in [-0.1, -0.05) is 13.0 Å². The van der Waals surface area contributed by atoms with Crippen molar-refractivity contribution in [2.75, 3.05) is 39.9 Å². The maximum absolute atomic E-state index is 12.3. The summed E-state index contributed by atoms with van der Waals surface area (Å²) >= 11 is 0. The average Bonchev–Trinajstić information content (AvgIpc) is 2.76. The van der Waals surface area contributed by atoms with Crippen LogP contribution >= 0.6 is 0 Å². The van der Waals surface area contributed by atoms with E-state index in [2.05, 4.69) is 6.58 Å². The van der Waals surface area contributed by atoms with Gasteiger partial charge in [-0.15, -0.1) is 6.58 Å². The Morgan fingerprint density at radius 1 is 1.53 bits per heavy atom. The number of amides is 2. The SMILES string of the molecule is C=CCN(CCOC)C(=O)N1CC(C)C(C(=O)O)C1. The number of urea groups is 1. The van der Waals surface area contributed by atoms with Crippen LogP contribution < -0.4 is 0 Å². The molecule has 19 heavy (non-hydrogen) atoms. The van der Waals surface area contributed by atoms with E-state index in [1.54, 1.807) is 23.0 Å². The van der Waals surface area contributed by atoms with Gasteiger partial charge in [0.15, 0.2) is 0 Å². The molecule has 0 aromatic rings. The van der Waals surface area contributed by atoms with Crippen LogP contribution in [-0.2, 0) is 9.53 Å². The number of methoxy groups -OCH3 is 1. The van der Waals surface area contributed by atoms with Crippen LogP contribution in [0, 0.1) is 11.8 Å². The van der Waals surface area contributed by atoms with Gasteiger partial charge >= 0.3 is 12.0 Å². The van der Waals surface area contributed by atoms with Gasteiger partial charge in [0.1, 0.15) is 0 Å². The number of carbonyl (C=O) groups is 2. The Hall–Kier alpha value is -1.56. The van der Waals surface area contributed by atoms with Gasteiger partial charge in [-0.2, -0.15) is 0 Å². The summed E-state index contributed by atoms with van der Waals surface area (Å²) < 4.78 is 4.97. The van der Waals surface area contributed by atoms with Crippen LogP contribution in [0.4, 0.5) is 4.79 Å². The molecule has 0 aromatic heterocycles. The lowest BCUT2D eigenvalue weighted by molar-refractivity contribution is -0.142. The second kappa shape index (κ2) is 7.13. The summed E-state index contributed by atoms with van der Waals surface area (Å²) in [6.45, 7) is 7.61. The van der Waals surface area contributed by atoms with Gasteiger partial charge in [0.25, 0.3) is 0 Å². The van der Waals surface area contributed by atoms with E-state index in [4.69, 9.17) is 9.84 Å². The molecular weight excluding hydrogens is 248 g/mol. The molecule has 0 spiro atoms. The maximum atomic E-state index is 12.3. The normalized spacial score (nSPS) is 22.3. The third-order valence-electron chi connectivity index (χ3n) is 3.39. The fraction of sp³-hybridized carbons (Fsp3) is 0.692. The van der Waals surface area contributed by atoms with E-state index in [1.165, 1.54) is 0 Å². The fourth-order valence-electron chi connectivity index (χ4n) is 2.27. The molecular formula is C13H22N2O4. The number of rotatable bonds is 6. The van der Waals surface area contributed by atoms with Crippen LogP contribution in [0.15, 0.2) is 12.7 Å². The molecule has 6 nitrogen and oxygen atoms in total. The zero-order valence-electron chi connectivity index (χ0n) is 11.5. The Labute approximate surface area is 113 Å². The summed E-state index contributed by atoms with van der Waals surface area (Å²) in [5, 5.41) is 9.08. The van der Waals surface area contributed by atoms with Crippen molar-refractivity contribution in [2.45, 2.75) is 6.92 Å². The summed E-state index contributed by atoms with van der Waals surface area (Å²) in [6, 6.07) is -0.146. The van der Waals surface area contributed by atoms with Crippen LogP contribution in [0.25, 0.3) is 0 Å². The van der Waals surface area contributed by atoms with Gasteiger partial charge in [0.05, 0.1) is 12.5 Å². The number of likely N-dealkylation sites (tertiary alicyclic amines) is 1. The lowest BCUT2D eigenvalue weighted by Crippen LogP contribution is -2.44. The van der Waals surface area contributed by atoms with E-state index in [1.807, 2.05) is 6.92 Å². The van der Waals surface area contributed by atoms with Gasteiger partial charge in [-0.3, -0.25) is 4.79 Å². The van der Waals surface area contributed by atoms with E-state index in [9.17, 15) is 9.59 Å². The van der Waals surface area contributed by atoms with Crippen LogP contribution in [0.5, 0.6) is 0 Å². The molecule has 2 unspecified atom stereocenters. The van der Waals surface area contributed by atoms with Crippen molar-refractivity contribution in [1.82, 2.24) is 9.80 Å². The first-order chi connectivity index (χ1) is 9.01. The molecule has 2 atom stereocenters. The van der Waals surface area contributed by atoms with E-state index < -0.39 is 11.9 Å². The molecule has 0 aromatic carbocycles. The number of carboxylic acid groups (broad SMARTS) is 1. The number of hydrogen-bond donors (Lipinski definition) is 1. The van der Waals surface area contributed by atoms with Crippen molar-refractivity contribution in [3.8, 4) is 0 Å². The smallest absolute Gasteiger partial charge is 0.320 e. The Morgan fingerprint density at radius 2 is 2.21 bits per heavy atom. The Balaban J connectivity index is 2.64. The maximum Gasteiger partial charge on any atom is 0.320 e. The van der Waals surface area contributed by atoms with Gasteiger partial charge in [-0.25, -0.2) is 4.79 Å². The predicted molar refractivity (Wildman–Crippen MR) is 70.9 cm³/mol. The Morgan fingerprint density at radius 3 is 2.68 bits per heavy atom. The summed E-state index contributed by atoms with van der Waals surface area (Å²) in [4.78, 5) is 26.6. The average molecular weight is 270 g/mol. The van der Waals surface area contributed by atoms with Gasteiger partial charge in [0.2, 0.25) is 0 Å². The van der Waals surface area contributed by atoms with Crippen molar-refractivity contribution in [3.05, 3.63) is 12.7 Å². The van der Waals surface area contributed by atoms with Crippen LogP contribution in [0.3, 0.4) is 0 Å². The molecule has 0 bridgehead atoms. The minimum absolute atomic E-state index is 0.0190. The van der Waals surface area contributed by atoms with E-state index >= 15 is 0 Å². The number of hydrogen-bond acceptors (Lipinski definition) is 3. The topological polar surface area (TPSA) is 70.1 Å². The second-order valence-electron chi connectivity index (χ2n) is 4.84. The molecule has 1 N–H and O–H groups in total. The zero-order valence-corrected chi connectivity index (χ0v) is 11.5. The van der Waals surface area contributed by atoms with Crippen LogP contribution in [0.1, 0.15) is 6.92 Å². The highest BCUT2D eigenvalue weighted by Crippen LogP contribution is 2.24. The quantitative estimate of drug-likeness (QED) is 0.728. The Bertz CT molecular complexity index is 346. The summed E-state index contributed by atoms with van der Waals surface area (Å²) in [5.41, 5.74) is 0. The molecule has 1 saturated heterocycles. The zero-order chi connectivity index (χ0) is 14.4. The minimum atomic E-state index is -0.838. The highest BCUT2D eigenvalue weighted by Gasteiger charge is 2.38. The summed E-state index contributed by atoms with van der Waals surface area (Å²) in [6.07, 6.45) is 1.65. The van der Waals surface area contributed by atoms with Crippen molar-refractivity contribution >= 4 is 12.0 Å². The predicted octanol–water partition coefficient (Wildman–Crippen LogP) is 0.893. The van der Waals surface area contributed by atoms with Crippen molar-refractivity contribution in [3.63, 3.8) is 0 Å². The Kier molecular flexibility index (Phi) is 5.82. The number of nitrogens with zero attached hydrogens (tertiary/aromatic N) is 2.